The maximum Gasteiger partial charge on any atom is 0.263 e. The van der Waals surface area contributed by atoms with E-state index >= 15 is 0 Å². The minimum Gasteiger partial charge on any atom is -0.455 e. The number of thiocarbonyl (C=S) groups is 1. The number of hydrogen-bond acceptors (Lipinski definition) is 3. The maximum atomic E-state index is 13.8. The van der Waals surface area contributed by atoms with Gasteiger partial charge in [-0.05, 0) is 61.1 Å². The summed E-state index contributed by atoms with van der Waals surface area (Å²) in [6, 6.07) is 17.5. The highest BCUT2D eigenvalue weighted by Gasteiger charge is 2.19. The van der Waals surface area contributed by atoms with E-state index in [1.807, 2.05) is 24.3 Å². The molecule has 0 atom stereocenters. The van der Waals surface area contributed by atoms with Gasteiger partial charge in [-0.2, -0.15) is 0 Å². The third-order valence-electron chi connectivity index (χ3n) is 4.99. The van der Waals surface area contributed by atoms with E-state index in [0.717, 1.165) is 22.9 Å². The number of nitrogens with one attached hydrogen (secondary N) is 2. The Bertz CT molecular complexity index is 1430. The number of rotatable bonds is 4. The van der Waals surface area contributed by atoms with Gasteiger partial charge in [0.25, 0.3) is 5.91 Å². The van der Waals surface area contributed by atoms with Gasteiger partial charge < -0.3 is 10.1 Å². The number of amides is 1. The Balaban J connectivity index is 1.53. The first-order chi connectivity index (χ1) is 16.2. The number of fused-ring (bicyclic) bond motifs is 1. The van der Waals surface area contributed by atoms with E-state index in [-0.39, 0.29) is 10.1 Å². The highest BCUT2D eigenvalue weighted by atomic mass is 35.5. The van der Waals surface area contributed by atoms with Gasteiger partial charge in [-0.3, -0.25) is 10.1 Å². The fourth-order valence-corrected chi connectivity index (χ4v) is 3.98. The summed E-state index contributed by atoms with van der Waals surface area (Å²) in [6.45, 7) is 1.78. The summed E-state index contributed by atoms with van der Waals surface area (Å²) in [5.41, 5.74) is 0.462. The zero-order chi connectivity index (χ0) is 24.4. The van der Waals surface area contributed by atoms with Crippen molar-refractivity contribution < 1.29 is 18.3 Å². The van der Waals surface area contributed by atoms with Crippen molar-refractivity contribution in [1.82, 2.24) is 5.32 Å². The molecule has 0 aromatic heterocycles. The van der Waals surface area contributed by atoms with Gasteiger partial charge in [0.2, 0.25) is 0 Å². The summed E-state index contributed by atoms with van der Waals surface area (Å²) < 4.78 is 33.7. The quantitative estimate of drug-likeness (QED) is 0.273. The van der Waals surface area contributed by atoms with Crippen LogP contribution in [0, 0.1) is 18.6 Å². The molecule has 0 fully saturated rings. The van der Waals surface area contributed by atoms with Gasteiger partial charge in [0, 0.05) is 21.5 Å². The van der Waals surface area contributed by atoms with Gasteiger partial charge >= 0.3 is 0 Å². The number of carbonyl (C=O) groups is 1. The summed E-state index contributed by atoms with van der Waals surface area (Å²) in [5.74, 6) is -2.00. The molecule has 4 rings (SSSR count). The first-order valence-corrected chi connectivity index (χ1v) is 11.1. The molecule has 0 aliphatic rings. The summed E-state index contributed by atoms with van der Waals surface area (Å²) in [6.07, 6.45) is 0. The van der Waals surface area contributed by atoms with Crippen LogP contribution in [0.5, 0.6) is 11.5 Å². The minimum atomic E-state index is -1.01. The van der Waals surface area contributed by atoms with E-state index in [2.05, 4.69) is 10.6 Å². The first kappa shape index (κ1) is 23.9. The van der Waals surface area contributed by atoms with E-state index in [1.165, 1.54) is 6.07 Å². The Labute approximate surface area is 209 Å². The highest BCUT2D eigenvalue weighted by Crippen LogP contribution is 2.38. The second-order valence-corrected chi connectivity index (χ2v) is 8.52. The van der Waals surface area contributed by atoms with Crippen LogP contribution in [0.2, 0.25) is 10.0 Å². The van der Waals surface area contributed by atoms with Crippen LogP contribution in [-0.4, -0.2) is 11.0 Å². The number of benzene rings is 4. The van der Waals surface area contributed by atoms with Crippen molar-refractivity contribution in [2.45, 2.75) is 6.92 Å². The minimum absolute atomic E-state index is 0.149. The van der Waals surface area contributed by atoms with Crippen LogP contribution in [0.25, 0.3) is 10.8 Å². The molecule has 4 aromatic rings. The van der Waals surface area contributed by atoms with Gasteiger partial charge in [0.15, 0.2) is 5.11 Å². The predicted molar refractivity (Wildman–Crippen MR) is 135 cm³/mol. The number of ether oxygens (including phenoxy) is 1. The van der Waals surface area contributed by atoms with Crippen molar-refractivity contribution >= 4 is 62.9 Å². The lowest BCUT2D eigenvalue weighted by Crippen LogP contribution is -2.35. The molecule has 0 spiro atoms. The van der Waals surface area contributed by atoms with Crippen LogP contribution in [-0.2, 0) is 0 Å². The standard InChI is InChI=1S/C25H16Cl2F2N2O2S/c1-13-11-22(33-21-10-9-16(26)14-5-2-3-6-15(14)21)17(27)12-20(13)30-25(34)31-24(32)23-18(28)7-4-8-19(23)29/h2-12H,1H3,(H2,30,31,32,34). The van der Waals surface area contributed by atoms with Gasteiger partial charge in [-0.15, -0.1) is 0 Å². The van der Waals surface area contributed by atoms with Crippen molar-refractivity contribution in [1.29, 1.82) is 0 Å². The van der Waals surface area contributed by atoms with Crippen LogP contribution in [0.1, 0.15) is 15.9 Å². The summed E-state index contributed by atoms with van der Waals surface area (Å²) in [4.78, 5) is 12.3. The summed E-state index contributed by atoms with van der Waals surface area (Å²) in [5, 5.41) is 7.50. The average Bonchev–Trinajstić information content (AvgIpc) is 2.79. The molecule has 34 heavy (non-hydrogen) atoms. The lowest BCUT2D eigenvalue weighted by molar-refractivity contribution is 0.0969. The van der Waals surface area contributed by atoms with Crippen LogP contribution in [0.15, 0.2) is 66.7 Å². The van der Waals surface area contributed by atoms with Crippen molar-refractivity contribution in [3.63, 3.8) is 0 Å². The maximum absolute atomic E-state index is 13.8. The smallest absolute Gasteiger partial charge is 0.263 e. The molecule has 0 aliphatic heterocycles. The molecular formula is C25H16Cl2F2N2O2S. The fraction of sp³-hybridized carbons (Fsp3) is 0.0400. The molecular weight excluding hydrogens is 501 g/mol. The molecule has 0 bridgehead atoms. The number of hydrogen-bond donors (Lipinski definition) is 2. The molecule has 9 heteroatoms. The number of halogens is 4. The Hall–Kier alpha value is -3.26. The Morgan fingerprint density at radius 2 is 1.56 bits per heavy atom. The van der Waals surface area contributed by atoms with E-state index in [1.54, 1.807) is 31.2 Å². The van der Waals surface area contributed by atoms with E-state index in [4.69, 9.17) is 40.2 Å². The van der Waals surface area contributed by atoms with Gasteiger partial charge in [0.1, 0.15) is 28.7 Å². The molecule has 2 N–H and O–H groups in total. The second-order valence-electron chi connectivity index (χ2n) is 7.30. The highest BCUT2D eigenvalue weighted by molar-refractivity contribution is 7.80. The monoisotopic (exact) mass is 516 g/mol. The third kappa shape index (κ3) is 4.97. The Morgan fingerprint density at radius 3 is 2.26 bits per heavy atom. The summed E-state index contributed by atoms with van der Waals surface area (Å²) in [7, 11) is 0. The Kier molecular flexibility index (Phi) is 6.97. The zero-order valence-corrected chi connectivity index (χ0v) is 19.9. The van der Waals surface area contributed by atoms with E-state index in [9.17, 15) is 13.6 Å². The molecule has 1 amide bonds. The van der Waals surface area contributed by atoms with Gasteiger partial charge in [-0.1, -0.05) is 53.5 Å². The fourth-order valence-electron chi connectivity index (χ4n) is 3.34. The lowest BCUT2D eigenvalue weighted by atomic mass is 10.1. The number of anilines is 1. The van der Waals surface area contributed by atoms with E-state index < -0.39 is 23.1 Å². The van der Waals surface area contributed by atoms with Crippen LogP contribution < -0.4 is 15.4 Å². The van der Waals surface area contributed by atoms with E-state index in [0.29, 0.717) is 27.8 Å². The first-order valence-electron chi connectivity index (χ1n) is 9.96. The molecule has 0 heterocycles. The van der Waals surface area contributed by atoms with Crippen LogP contribution in [0.4, 0.5) is 14.5 Å². The molecule has 4 aromatic carbocycles. The van der Waals surface area contributed by atoms with Crippen molar-refractivity contribution in [3.8, 4) is 11.5 Å². The number of carbonyl (C=O) groups excluding carboxylic acids is 1. The SMILES string of the molecule is Cc1cc(Oc2ccc(Cl)c3ccccc23)c(Cl)cc1NC(=S)NC(=O)c1c(F)cccc1F. The molecule has 4 nitrogen and oxygen atoms in total. The Morgan fingerprint density at radius 1 is 0.882 bits per heavy atom. The second kappa shape index (κ2) is 9.93. The van der Waals surface area contributed by atoms with Gasteiger partial charge in [0.05, 0.1) is 5.02 Å². The van der Waals surface area contributed by atoms with Crippen molar-refractivity contribution in [3.05, 3.63) is 99.5 Å². The average molecular weight is 517 g/mol. The molecule has 0 aliphatic carbocycles. The topological polar surface area (TPSA) is 50.4 Å². The van der Waals surface area contributed by atoms with Crippen LogP contribution >= 0.6 is 35.4 Å². The molecule has 0 saturated heterocycles. The molecule has 172 valence electrons. The van der Waals surface area contributed by atoms with Crippen molar-refractivity contribution in [2.24, 2.45) is 0 Å². The largest absolute Gasteiger partial charge is 0.455 e. The zero-order valence-electron chi connectivity index (χ0n) is 17.6. The third-order valence-corrected chi connectivity index (χ3v) is 5.82. The predicted octanol–water partition coefficient (Wildman–Crippen LogP) is 7.65. The van der Waals surface area contributed by atoms with Crippen LogP contribution in [0.3, 0.4) is 0 Å². The molecule has 0 unspecified atom stereocenters. The molecule has 0 saturated carbocycles. The summed E-state index contributed by atoms with van der Waals surface area (Å²) >= 11 is 17.8. The molecule has 0 radical (unpaired) electrons. The lowest BCUT2D eigenvalue weighted by Gasteiger charge is -2.16. The van der Waals surface area contributed by atoms with Gasteiger partial charge in [-0.25, -0.2) is 8.78 Å². The van der Waals surface area contributed by atoms with Crippen molar-refractivity contribution in [2.75, 3.05) is 5.32 Å². The normalized spacial score (nSPS) is 10.7. The number of aryl methyl sites for hydroxylation is 1.